The summed E-state index contributed by atoms with van der Waals surface area (Å²) >= 11 is 0. The van der Waals surface area contributed by atoms with Crippen molar-refractivity contribution in [1.29, 1.82) is 5.39 Å². The second-order valence-electron chi connectivity index (χ2n) is 8.44. The maximum absolute atomic E-state index is 10.1. The number of hydrogen-bond donors (Lipinski definition) is 1. The highest BCUT2D eigenvalue weighted by Gasteiger charge is 2.50. The first-order valence-electron chi connectivity index (χ1n) is 10.5. The molecule has 0 unspecified atom stereocenters. The zero-order valence-corrected chi connectivity index (χ0v) is 19.9. The smallest absolute Gasteiger partial charge is 0.387 e. The molecule has 0 aliphatic rings. The minimum absolute atomic E-state index is 0.0565. The fraction of sp³-hybridized carbons (Fsp3) is 0.360. The highest BCUT2D eigenvalue weighted by Crippen LogP contribution is 2.37. The van der Waals surface area contributed by atoms with Gasteiger partial charge in [0, 0.05) is 6.42 Å². The Balaban J connectivity index is 2.46. The van der Waals surface area contributed by atoms with Crippen molar-refractivity contribution in [2.24, 2.45) is 0 Å². The molecule has 6 heteroatoms. The molecule has 0 radical (unpaired) electrons. The first-order valence-corrected chi connectivity index (χ1v) is 12.5. The van der Waals surface area contributed by atoms with Crippen molar-refractivity contribution in [3.63, 3.8) is 0 Å². The Hall–Kier alpha value is -2.72. The van der Waals surface area contributed by atoms with Crippen molar-refractivity contribution in [1.82, 2.24) is 0 Å². The van der Waals surface area contributed by atoms with Crippen LogP contribution in [0.1, 0.15) is 34.1 Å². The molecule has 5 nitrogen and oxygen atoms in total. The molecule has 0 aliphatic carbocycles. The third-order valence-corrected chi connectivity index (χ3v) is 10.2. The molecule has 0 bridgehead atoms. The minimum Gasteiger partial charge on any atom is -0.505 e. The molecule has 0 heterocycles. The van der Waals surface area contributed by atoms with Crippen LogP contribution in [0.4, 0.5) is 0 Å². The fourth-order valence-electron chi connectivity index (χ4n) is 3.79. The van der Waals surface area contributed by atoms with Gasteiger partial charge in [-0.05, 0) is 22.3 Å². The summed E-state index contributed by atoms with van der Waals surface area (Å²) in [5, 5.41) is 21.0. The van der Waals surface area contributed by atoms with Crippen LogP contribution in [-0.4, -0.2) is 32.7 Å². The summed E-state index contributed by atoms with van der Waals surface area (Å²) < 4.78 is 12.9. The molecule has 31 heavy (non-hydrogen) atoms. The lowest BCUT2D eigenvalue weighted by molar-refractivity contribution is 0.0277. The molecule has 0 fully saturated rings. The first-order chi connectivity index (χ1) is 14.8. The molecule has 0 saturated carbocycles. The Morgan fingerprint density at radius 3 is 2.06 bits per heavy atom. The second kappa shape index (κ2) is 11.6. The summed E-state index contributed by atoms with van der Waals surface area (Å²) in [6.45, 7) is 9.30. The van der Waals surface area contributed by atoms with Gasteiger partial charge >= 0.3 is 6.20 Å². The van der Waals surface area contributed by atoms with E-state index < -0.39 is 14.4 Å². The zero-order chi connectivity index (χ0) is 22.7. The van der Waals surface area contributed by atoms with E-state index in [2.05, 4.69) is 50.0 Å². The lowest BCUT2D eigenvalue weighted by Crippen LogP contribution is -2.67. The highest BCUT2D eigenvalue weighted by molar-refractivity contribution is 6.99. The molecule has 2 aromatic rings. The Labute approximate surface area is 186 Å². The Kier molecular flexibility index (Phi) is 9.19. The predicted molar refractivity (Wildman–Crippen MR) is 129 cm³/mol. The minimum atomic E-state index is -2.70. The van der Waals surface area contributed by atoms with Gasteiger partial charge in [0.05, 0.1) is 19.3 Å². The summed E-state index contributed by atoms with van der Waals surface area (Å²) in [7, 11) is -2.70. The molecule has 2 aromatic carbocycles. The summed E-state index contributed by atoms with van der Waals surface area (Å²) in [5.41, 5.74) is 0. The van der Waals surface area contributed by atoms with E-state index in [4.69, 9.17) is 14.6 Å². The second-order valence-corrected chi connectivity index (χ2v) is 12.7. The van der Waals surface area contributed by atoms with Gasteiger partial charge in [-0.2, -0.15) is 0 Å². The van der Waals surface area contributed by atoms with Gasteiger partial charge in [-0.25, -0.2) is 0 Å². The number of aliphatic hydroxyl groups excluding tert-OH is 1. The quantitative estimate of drug-likeness (QED) is 0.241. The average Bonchev–Trinajstić information content (AvgIpc) is 2.75. The number of benzene rings is 2. The number of hydrogen-bond acceptors (Lipinski definition) is 4. The average molecular weight is 438 g/mol. The number of diazo groups is 1. The number of ether oxygens (including phenoxy) is 1. The van der Waals surface area contributed by atoms with Crippen LogP contribution in [0.5, 0.6) is 0 Å². The van der Waals surface area contributed by atoms with E-state index in [1.165, 1.54) is 10.4 Å². The van der Waals surface area contributed by atoms with Crippen molar-refractivity contribution >= 4 is 18.7 Å². The fourth-order valence-corrected chi connectivity index (χ4v) is 8.38. The van der Waals surface area contributed by atoms with Crippen molar-refractivity contribution in [2.75, 3.05) is 13.2 Å². The summed E-state index contributed by atoms with van der Waals surface area (Å²) in [6.07, 6.45) is 4.65. The van der Waals surface area contributed by atoms with E-state index in [-0.39, 0.29) is 17.2 Å². The van der Waals surface area contributed by atoms with Gasteiger partial charge in [0.25, 0.3) is 8.32 Å². The lowest BCUT2D eigenvalue weighted by Gasteiger charge is -2.43. The van der Waals surface area contributed by atoms with Crippen molar-refractivity contribution in [3.8, 4) is 0 Å². The molecule has 0 aromatic heterocycles. The van der Waals surface area contributed by atoms with E-state index in [1.807, 2.05) is 55.5 Å². The molecular weight excluding hydrogens is 404 g/mol. The van der Waals surface area contributed by atoms with Gasteiger partial charge in [0.1, 0.15) is 0 Å². The van der Waals surface area contributed by atoms with Crippen LogP contribution < -0.4 is 10.4 Å². The Morgan fingerprint density at radius 2 is 1.61 bits per heavy atom. The summed E-state index contributed by atoms with van der Waals surface area (Å²) in [4.78, 5) is 2.91. The standard InChI is InChI=1S/C25H32N2O3Si/c1-5-6-17-29-22(18-21(28)19-27-26)20-30-31(25(2,3)4,23-13-9-7-10-14-23)24-15-11-8-12-16-24/h5-16,19,22H,17-18,20H2,1-4H3/p+1/b6-5+,21-19+/t22-/m0/s1. The topological polar surface area (TPSA) is 66.8 Å². The van der Waals surface area contributed by atoms with Crippen molar-refractivity contribution in [3.05, 3.63) is 89.8 Å². The molecular formula is C25H33N2O3Si+. The third-order valence-electron chi connectivity index (χ3n) is 5.21. The largest absolute Gasteiger partial charge is 0.505 e. The molecule has 0 saturated heterocycles. The molecule has 2 rings (SSSR count). The Bertz CT molecular complexity index is 860. The molecule has 0 aliphatic heterocycles. The van der Waals surface area contributed by atoms with E-state index in [0.29, 0.717) is 13.2 Å². The van der Waals surface area contributed by atoms with Crippen LogP contribution >= 0.6 is 0 Å². The van der Waals surface area contributed by atoms with Crippen molar-refractivity contribution < 1.29 is 14.3 Å². The Morgan fingerprint density at radius 1 is 1.06 bits per heavy atom. The van der Waals surface area contributed by atoms with Crippen molar-refractivity contribution in [2.45, 2.75) is 45.3 Å². The van der Waals surface area contributed by atoms with Gasteiger partial charge in [-0.1, -0.05) is 93.6 Å². The lowest BCUT2D eigenvalue weighted by atomic mass is 10.2. The number of nitrogens with zero attached hydrogens (tertiary/aromatic N) is 2. The molecule has 0 amide bonds. The van der Waals surface area contributed by atoms with Crippen LogP contribution in [0.25, 0.3) is 4.98 Å². The summed E-state index contributed by atoms with van der Waals surface area (Å²) in [6, 6.07) is 20.8. The molecule has 1 N–H and O–H groups in total. The molecule has 1 atom stereocenters. The normalized spacial score (nSPS) is 13.8. The molecule has 164 valence electrons. The van der Waals surface area contributed by atoms with Crippen LogP contribution in [0.3, 0.4) is 0 Å². The monoisotopic (exact) mass is 437 g/mol. The third kappa shape index (κ3) is 6.38. The summed E-state index contributed by atoms with van der Waals surface area (Å²) in [5.74, 6) is -0.0565. The van der Waals surface area contributed by atoms with Gasteiger partial charge in [-0.3, -0.25) is 0 Å². The van der Waals surface area contributed by atoms with Gasteiger partial charge in [0.2, 0.25) is 5.39 Å². The van der Waals surface area contributed by atoms with Gasteiger partial charge in [0.15, 0.2) is 10.7 Å². The highest BCUT2D eigenvalue weighted by atomic mass is 28.4. The predicted octanol–water partition coefficient (Wildman–Crippen LogP) is 5.17. The van der Waals surface area contributed by atoms with E-state index >= 15 is 0 Å². The SMILES string of the molecule is C/C=C/CO[C@H](CO[Si](c1ccccc1)(c1ccccc1)C(C)(C)C)C/C(O)=C\[N+]#N. The molecule has 0 spiro atoms. The number of allylic oxidation sites excluding steroid dienone is 1. The van der Waals surface area contributed by atoms with Crippen LogP contribution in [0, 0.1) is 5.39 Å². The van der Waals surface area contributed by atoms with E-state index in [0.717, 1.165) is 6.20 Å². The zero-order valence-electron chi connectivity index (χ0n) is 18.9. The van der Waals surface area contributed by atoms with E-state index in [1.54, 1.807) is 0 Å². The van der Waals surface area contributed by atoms with Crippen LogP contribution in [0.2, 0.25) is 5.04 Å². The van der Waals surface area contributed by atoms with Crippen LogP contribution in [-0.2, 0) is 9.16 Å². The van der Waals surface area contributed by atoms with Gasteiger partial charge < -0.3 is 14.3 Å². The van der Waals surface area contributed by atoms with E-state index in [9.17, 15) is 5.11 Å². The maximum atomic E-state index is 10.1. The van der Waals surface area contributed by atoms with Crippen LogP contribution in [0.15, 0.2) is 84.8 Å². The first kappa shape index (κ1) is 24.5. The number of aliphatic hydroxyl groups is 1. The maximum Gasteiger partial charge on any atom is 0.387 e. The van der Waals surface area contributed by atoms with Gasteiger partial charge in [-0.15, -0.1) is 0 Å². The number of rotatable bonds is 10.